The lowest BCUT2D eigenvalue weighted by Crippen LogP contribution is -2.63. The molecule has 4 rings (SSSR count). The fourth-order valence-corrected chi connectivity index (χ4v) is 6.28. The number of piperazine rings is 1. The summed E-state index contributed by atoms with van der Waals surface area (Å²) in [5.74, 6) is 2.38. The highest BCUT2D eigenvalue weighted by Crippen LogP contribution is 2.32. The minimum Gasteiger partial charge on any atom is -0.453 e. The van der Waals surface area contributed by atoms with Crippen LogP contribution >= 0.6 is 0 Å². The van der Waals surface area contributed by atoms with Crippen LogP contribution in [0.4, 0.5) is 4.79 Å². The third kappa shape index (κ3) is 6.56. The van der Waals surface area contributed by atoms with Crippen LogP contribution in [0, 0.1) is 17.8 Å². The molecule has 0 aromatic carbocycles. The van der Waals surface area contributed by atoms with Crippen molar-refractivity contribution in [1.29, 1.82) is 0 Å². The average Bonchev–Trinajstić information content (AvgIpc) is 2.86. The van der Waals surface area contributed by atoms with Crippen molar-refractivity contribution in [3.63, 3.8) is 0 Å². The van der Waals surface area contributed by atoms with Crippen LogP contribution in [0.2, 0.25) is 0 Å². The summed E-state index contributed by atoms with van der Waals surface area (Å²) in [5.41, 5.74) is 0. The van der Waals surface area contributed by atoms with Crippen LogP contribution in [0.5, 0.6) is 0 Å². The molecule has 3 N–H and O–H groups in total. The summed E-state index contributed by atoms with van der Waals surface area (Å²) >= 11 is 0. The molecule has 0 bridgehead atoms. The summed E-state index contributed by atoms with van der Waals surface area (Å²) in [6.07, 6.45) is 10.8. The number of ether oxygens (including phenoxy) is 2. The van der Waals surface area contributed by atoms with Gasteiger partial charge in [-0.15, -0.1) is 0 Å². The van der Waals surface area contributed by atoms with E-state index in [0.717, 1.165) is 57.0 Å². The molecule has 32 heavy (non-hydrogen) atoms. The molecular weight excluding hydrogens is 406 g/mol. The molecule has 4 aliphatic rings. The summed E-state index contributed by atoms with van der Waals surface area (Å²) in [6.45, 7) is 6.94. The summed E-state index contributed by atoms with van der Waals surface area (Å²) in [5, 5.41) is 11.3. The van der Waals surface area contributed by atoms with Crippen LogP contribution in [0.25, 0.3) is 0 Å². The zero-order valence-corrected chi connectivity index (χ0v) is 20.2. The van der Waals surface area contributed by atoms with Gasteiger partial charge in [-0.25, -0.2) is 4.79 Å². The van der Waals surface area contributed by atoms with E-state index in [2.05, 4.69) is 20.9 Å². The van der Waals surface area contributed by atoms with Gasteiger partial charge in [0.1, 0.15) is 6.29 Å². The molecule has 0 radical (unpaired) electrons. The highest BCUT2D eigenvalue weighted by atomic mass is 16.5. The van der Waals surface area contributed by atoms with Crippen molar-refractivity contribution in [3.8, 4) is 0 Å². The van der Waals surface area contributed by atoms with Crippen LogP contribution in [-0.2, 0) is 9.47 Å². The lowest BCUT2D eigenvalue weighted by Gasteiger charge is -2.41. The summed E-state index contributed by atoms with van der Waals surface area (Å²) in [4.78, 5) is 16.0. The molecule has 2 saturated carbocycles. The largest absolute Gasteiger partial charge is 0.453 e. The van der Waals surface area contributed by atoms with Crippen LogP contribution in [0.3, 0.4) is 0 Å². The Kier molecular flexibility index (Phi) is 9.06. The van der Waals surface area contributed by atoms with E-state index in [1.54, 1.807) is 0 Å². The van der Waals surface area contributed by atoms with Crippen LogP contribution in [-0.4, -0.2) is 94.4 Å². The third-order valence-electron chi connectivity index (χ3n) is 8.46. The number of amides is 1. The topological polar surface area (TPSA) is 78.1 Å². The van der Waals surface area contributed by atoms with Gasteiger partial charge in [0, 0.05) is 59.0 Å². The maximum Gasteiger partial charge on any atom is 0.409 e. The van der Waals surface area contributed by atoms with Gasteiger partial charge in [-0.3, -0.25) is 20.9 Å². The monoisotopic (exact) mass is 451 g/mol. The molecule has 2 saturated heterocycles. The van der Waals surface area contributed by atoms with Crippen molar-refractivity contribution in [1.82, 2.24) is 25.8 Å². The molecule has 0 unspecified atom stereocenters. The molecule has 2 aliphatic carbocycles. The van der Waals surface area contributed by atoms with Gasteiger partial charge in [0.05, 0.1) is 13.2 Å². The molecule has 1 amide bonds. The van der Waals surface area contributed by atoms with E-state index in [1.807, 2.05) is 12.0 Å². The Morgan fingerprint density at radius 1 is 0.875 bits per heavy atom. The van der Waals surface area contributed by atoms with Gasteiger partial charge >= 0.3 is 6.09 Å². The van der Waals surface area contributed by atoms with Gasteiger partial charge in [-0.2, -0.15) is 0 Å². The van der Waals surface area contributed by atoms with Crippen LogP contribution in [0.15, 0.2) is 0 Å². The SMILES string of the molecule is COC(=O)N1CCN(CC2CCC(NC3NCC(C4CCC(OC)CC4)CN3)CC2)CC1. The predicted molar refractivity (Wildman–Crippen MR) is 125 cm³/mol. The Balaban J connectivity index is 1.08. The van der Waals surface area contributed by atoms with Crippen molar-refractivity contribution in [2.24, 2.45) is 17.8 Å². The first-order valence-corrected chi connectivity index (χ1v) is 13.0. The Bertz CT molecular complexity index is 562. The molecule has 0 aromatic rings. The Labute approximate surface area is 194 Å². The van der Waals surface area contributed by atoms with E-state index in [-0.39, 0.29) is 12.4 Å². The van der Waals surface area contributed by atoms with Gasteiger partial charge in [-0.05, 0) is 69.1 Å². The standard InChI is InChI=1S/C24H45N5O3/c1-31-22-9-5-19(6-10-22)20-15-25-23(26-16-20)27-21-7-3-18(4-8-21)17-28-11-13-29(14-12-28)24(30)32-2/h18-23,25-27H,3-17H2,1-2H3. The minimum absolute atomic E-state index is 0.189. The molecule has 0 aromatic heterocycles. The molecule has 184 valence electrons. The van der Waals surface area contributed by atoms with E-state index >= 15 is 0 Å². The normalized spacial score (nSPS) is 37.2. The second-order valence-corrected chi connectivity index (χ2v) is 10.4. The quantitative estimate of drug-likeness (QED) is 0.569. The van der Waals surface area contributed by atoms with Gasteiger partial charge in [0.25, 0.3) is 0 Å². The number of carbonyl (C=O) groups is 1. The van der Waals surface area contributed by atoms with Crippen LogP contribution < -0.4 is 16.0 Å². The fraction of sp³-hybridized carbons (Fsp3) is 0.958. The lowest BCUT2D eigenvalue weighted by atomic mass is 9.78. The molecule has 0 atom stereocenters. The second kappa shape index (κ2) is 12.0. The van der Waals surface area contributed by atoms with Crippen molar-refractivity contribution in [3.05, 3.63) is 0 Å². The van der Waals surface area contributed by atoms with E-state index in [4.69, 9.17) is 9.47 Å². The Morgan fingerprint density at radius 3 is 2.12 bits per heavy atom. The second-order valence-electron chi connectivity index (χ2n) is 10.4. The lowest BCUT2D eigenvalue weighted by molar-refractivity contribution is 0.0413. The minimum atomic E-state index is -0.189. The number of hydrogen-bond donors (Lipinski definition) is 3. The smallest absolute Gasteiger partial charge is 0.409 e. The van der Waals surface area contributed by atoms with E-state index in [0.29, 0.717) is 12.1 Å². The first-order valence-electron chi connectivity index (χ1n) is 13.0. The first kappa shape index (κ1) is 24.2. The molecule has 2 aliphatic heterocycles. The zero-order chi connectivity index (χ0) is 22.3. The van der Waals surface area contributed by atoms with Gasteiger partial charge in [0.2, 0.25) is 0 Å². The number of carbonyl (C=O) groups excluding carboxylic acids is 1. The van der Waals surface area contributed by atoms with E-state index in [9.17, 15) is 4.79 Å². The summed E-state index contributed by atoms with van der Waals surface area (Å²) in [7, 11) is 3.32. The van der Waals surface area contributed by atoms with E-state index in [1.165, 1.54) is 65.0 Å². The Hall–Kier alpha value is -0.930. The highest BCUT2D eigenvalue weighted by Gasteiger charge is 2.32. The first-order chi connectivity index (χ1) is 15.6. The molecule has 0 spiro atoms. The van der Waals surface area contributed by atoms with Gasteiger partial charge < -0.3 is 14.4 Å². The number of hydrogen-bond acceptors (Lipinski definition) is 7. The number of rotatable bonds is 6. The van der Waals surface area contributed by atoms with Crippen molar-refractivity contribution >= 4 is 6.09 Å². The fourth-order valence-electron chi connectivity index (χ4n) is 6.28. The Morgan fingerprint density at radius 2 is 1.53 bits per heavy atom. The predicted octanol–water partition coefficient (Wildman–Crippen LogP) is 1.82. The van der Waals surface area contributed by atoms with Crippen molar-refractivity contribution in [2.45, 2.75) is 69.8 Å². The molecule has 8 nitrogen and oxygen atoms in total. The molecule has 2 heterocycles. The number of nitrogens with zero attached hydrogens (tertiary/aromatic N) is 2. The summed E-state index contributed by atoms with van der Waals surface area (Å²) < 4.78 is 10.4. The van der Waals surface area contributed by atoms with E-state index < -0.39 is 0 Å². The third-order valence-corrected chi connectivity index (χ3v) is 8.46. The molecule has 8 heteroatoms. The average molecular weight is 452 g/mol. The zero-order valence-electron chi connectivity index (χ0n) is 20.2. The highest BCUT2D eigenvalue weighted by molar-refractivity contribution is 5.67. The van der Waals surface area contributed by atoms with Gasteiger partial charge in [0.15, 0.2) is 0 Å². The maximum atomic E-state index is 11.6. The van der Waals surface area contributed by atoms with Crippen molar-refractivity contribution in [2.75, 3.05) is 60.0 Å². The molecular formula is C24H45N5O3. The maximum absolute atomic E-state index is 11.6. The van der Waals surface area contributed by atoms with Crippen molar-refractivity contribution < 1.29 is 14.3 Å². The van der Waals surface area contributed by atoms with Gasteiger partial charge in [-0.1, -0.05) is 0 Å². The number of nitrogens with one attached hydrogen (secondary N) is 3. The number of methoxy groups -OCH3 is 2. The summed E-state index contributed by atoms with van der Waals surface area (Å²) in [6, 6.07) is 0.612. The van der Waals surface area contributed by atoms with Crippen LogP contribution in [0.1, 0.15) is 51.4 Å². The molecule has 4 fully saturated rings.